The number of hydrogen-bond donors (Lipinski definition) is 3. The van der Waals surface area contributed by atoms with Crippen LogP contribution in [-0.2, 0) is 4.79 Å². The molecule has 1 fully saturated rings. The summed E-state index contributed by atoms with van der Waals surface area (Å²) in [6, 6.07) is 7.69. The van der Waals surface area contributed by atoms with Crippen LogP contribution in [-0.4, -0.2) is 62.8 Å². The number of rotatable bonds is 5. The molecule has 3 N–H and O–H groups in total. The largest absolute Gasteiger partial charge is 0.483 e. The fourth-order valence-electron chi connectivity index (χ4n) is 3.02. The maximum atomic E-state index is 9.14. The number of hydrogen-bond acceptors (Lipinski definition) is 7. The van der Waals surface area contributed by atoms with Crippen molar-refractivity contribution in [3.05, 3.63) is 42.0 Å². The van der Waals surface area contributed by atoms with E-state index in [1.165, 1.54) is 0 Å². The Morgan fingerprint density at radius 3 is 2.85 bits per heavy atom. The van der Waals surface area contributed by atoms with Crippen LogP contribution in [0.15, 0.2) is 30.5 Å². The van der Waals surface area contributed by atoms with Crippen LogP contribution in [0.4, 0.5) is 11.6 Å². The SMILES string of the molecule is Cc1cc(Nc2ccccn2)nc(C2CCCN(CCO)C2)n1.O=CO. The number of aromatic nitrogens is 3. The highest BCUT2D eigenvalue weighted by molar-refractivity contribution is 5.51. The number of carboxylic acid groups (broad SMARTS) is 1. The lowest BCUT2D eigenvalue weighted by Crippen LogP contribution is -2.36. The fraction of sp³-hybridized carbons (Fsp3) is 0.444. The number of anilines is 2. The highest BCUT2D eigenvalue weighted by atomic mass is 16.3. The van der Waals surface area contributed by atoms with E-state index in [-0.39, 0.29) is 13.1 Å². The van der Waals surface area contributed by atoms with Crippen LogP contribution in [0.2, 0.25) is 0 Å². The van der Waals surface area contributed by atoms with E-state index in [0.717, 1.165) is 55.6 Å². The molecule has 1 aliphatic heterocycles. The van der Waals surface area contributed by atoms with E-state index in [1.807, 2.05) is 31.2 Å². The minimum Gasteiger partial charge on any atom is -0.483 e. The third kappa shape index (κ3) is 6.05. The van der Waals surface area contributed by atoms with E-state index in [2.05, 4.69) is 20.2 Å². The summed E-state index contributed by atoms with van der Waals surface area (Å²) >= 11 is 0. The van der Waals surface area contributed by atoms with Gasteiger partial charge < -0.3 is 20.4 Å². The molecule has 1 atom stereocenters. The summed E-state index contributed by atoms with van der Waals surface area (Å²) in [5.41, 5.74) is 0.952. The summed E-state index contributed by atoms with van der Waals surface area (Å²) in [5.74, 6) is 2.76. The molecule has 0 spiro atoms. The van der Waals surface area contributed by atoms with Crippen molar-refractivity contribution in [3.63, 3.8) is 0 Å². The monoisotopic (exact) mass is 359 g/mol. The predicted octanol–water partition coefficient (Wildman–Crippen LogP) is 1.80. The maximum Gasteiger partial charge on any atom is 0.290 e. The molecule has 1 saturated heterocycles. The number of piperidine rings is 1. The number of likely N-dealkylation sites (tertiary alicyclic amines) is 1. The Bertz CT molecular complexity index is 682. The first kappa shape index (κ1) is 19.7. The molecule has 0 radical (unpaired) electrons. The van der Waals surface area contributed by atoms with Gasteiger partial charge in [-0.1, -0.05) is 6.07 Å². The molecule has 3 rings (SSSR count). The highest BCUT2D eigenvalue weighted by Crippen LogP contribution is 2.26. The van der Waals surface area contributed by atoms with Crippen LogP contribution in [0.25, 0.3) is 0 Å². The number of aliphatic hydroxyl groups excluding tert-OH is 1. The quantitative estimate of drug-likeness (QED) is 0.693. The number of aliphatic hydroxyl groups is 1. The highest BCUT2D eigenvalue weighted by Gasteiger charge is 2.23. The zero-order chi connectivity index (χ0) is 18.8. The average molecular weight is 359 g/mol. The van der Waals surface area contributed by atoms with Crippen molar-refractivity contribution in [1.29, 1.82) is 0 Å². The molecule has 26 heavy (non-hydrogen) atoms. The summed E-state index contributed by atoms with van der Waals surface area (Å²) in [6.45, 7) is 4.62. The Morgan fingerprint density at radius 1 is 1.35 bits per heavy atom. The lowest BCUT2D eigenvalue weighted by molar-refractivity contribution is -0.122. The molecule has 2 aromatic rings. The number of aryl methyl sites for hydroxylation is 1. The average Bonchev–Trinajstić information content (AvgIpc) is 2.63. The summed E-state index contributed by atoms with van der Waals surface area (Å²) < 4.78 is 0. The molecule has 1 aliphatic rings. The first-order valence-electron chi connectivity index (χ1n) is 8.61. The minimum atomic E-state index is -0.250. The molecule has 8 nitrogen and oxygen atoms in total. The van der Waals surface area contributed by atoms with Crippen molar-refractivity contribution in [2.24, 2.45) is 0 Å². The van der Waals surface area contributed by atoms with Gasteiger partial charge in [0.1, 0.15) is 17.5 Å². The van der Waals surface area contributed by atoms with Crippen molar-refractivity contribution >= 4 is 18.1 Å². The second kappa shape index (κ2) is 10.4. The molecular formula is C18H25N5O3. The van der Waals surface area contributed by atoms with Crippen LogP contribution in [0.3, 0.4) is 0 Å². The minimum absolute atomic E-state index is 0.202. The third-order valence-corrected chi connectivity index (χ3v) is 4.08. The van der Waals surface area contributed by atoms with Crippen LogP contribution >= 0.6 is 0 Å². The molecule has 140 valence electrons. The van der Waals surface area contributed by atoms with E-state index in [0.29, 0.717) is 5.92 Å². The summed E-state index contributed by atoms with van der Waals surface area (Å²) in [5, 5.41) is 19.3. The molecule has 0 bridgehead atoms. The third-order valence-electron chi connectivity index (χ3n) is 4.08. The molecule has 0 aromatic carbocycles. The van der Waals surface area contributed by atoms with Gasteiger partial charge in [-0.2, -0.15) is 0 Å². The molecule has 0 aliphatic carbocycles. The molecule has 0 saturated carbocycles. The molecule has 0 amide bonds. The van der Waals surface area contributed by atoms with Gasteiger partial charge in [0.2, 0.25) is 0 Å². The summed E-state index contributed by atoms with van der Waals surface area (Å²) in [7, 11) is 0. The Hall–Kier alpha value is -2.58. The first-order valence-corrected chi connectivity index (χ1v) is 8.61. The van der Waals surface area contributed by atoms with Crippen molar-refractivity contribution in [2.75, 3.05) is 31.6 Å². The van der Waals surface area contributed by atoms with Crippen LogP contribution in [0.1, 0.15) is 30.3 Å². The lowest BCUT2D eigenvalue weighted by Gasteiger charge is -2.31. The Labute approximate surface area is 152 Å². The predicted molar refractivity (Wildman–Crippen MR) is 98.5 cm³/mol. The molecule has 8 heteroatoms. The van der Waals surface area contributed by atoms with Gasteiger partial charge in [-0.25, -0.2) is 15.0 Å². The normalized spacial score (nSPS) is 17.1. The van der Waals surface area contributed by atoms with Gasteiger partial charge in [0.15, 0.2) is 0 Å². The van der Waals surface area contributed by atoms with Crippen molar-refractivity contribution < 1.29 is 15.0 Å². The van der Waals surface area contributed by atoms with Gasteiger partial charge in [0, 0.05) is 37.0 Å². The summed E-state index contributed by atoms with van der Waals surface area (Å²) in [4.78, 5) is 24.2. The van der Waals surface area contributed by atoms with Crippen molar-refractivity contribution in [3.8, 4) is 0 Å². The van der Waals surface area contributed by atoms with Gasteiger partial charge in [-0.15, -0.1) is 0 Å². The van der Waals surface area contributed by atoms with E-state index in [4.69, 9.17) is 20.0 Å². The molecule has 2 aromatic heterocycles. The number of β-amino-alcohol motifs (C(OH)–C–C–N with tert-alkyl or cyclic N) is 1. The van der Waals surface area contributed by atoms with Gasteiger partial charge in [-0.3, -0.25) is 4.79 Å². The second-order valence-electron chi connectivity index (χ2n) is 6.06. The van der Waals surface area contributed by atoms with Crippen LogP contribution in [0, 0.1) is 6.92 Å². The zero-order valence-electron chi connectivity index (χ0n) is 14.9. The zero-order valence-corrected chi connectivity index (χ0v) is 14.9. The van der Waals surface area contributed by atoms with E-state index < -0.39 is 0 Å². The van der Waals surface area contributed by atoms with E-state index >= 15 is 0 Å². The Balaban J connectivity index is 0.000000758. The van der Waals surface area contributed by atoms with Crippen molar-refractivity contribution in [1.82, 2.24) is 19.9 Å². The van der Waals surface area contributed by atoms with Crippen LogP contribution < -0.4 is 5.32 Å². The smallest absolute Gasteiger partial charge is 0.290 e. The second-order valence-corrected chi connectivity index (χ2v) is 6.06. The standard InChI is InChI=1S/C17H23N5O.CH2O2/c1-13-11-16(20-15-6-2-3-7-18-15)21-17(19-13)14-5-4-8-22(12-14)9-10-23;2-1-3/h2-3,6-7,11,14,23H,4-5,8-10,12H2,1H3,(H,18,19,20,21);1H,(H,2,3). The fourth-order valence-corrected chi connectivity index (χ4v) is 3.02. The topological polar surface area (TPSA) is 111 Å². The van der Waals surface area contributed by atoms with Gasteiger partial charge in [0.05, 0.1) is 6.61 Å². The van der Waals surface area contributed by atoms with Crippen LogP contribution in [0.5, 0.6) is 0 Å². The number of nitrogens with one attached hydrogen (secondary N) is 1. The molecule has 1 unspecified atom stereocenters. The molecular weight excluding hydrogens is 334 g/mol. The molecule has 3 heterocycles. The number of pyridine rings is 1. The lowest BCUT2D eigenvalue weighted by atomic mass is 9.97. The van der Waals surface area contributed by atoms with E-state index in [1.54, 1.807) is 6.20 Å². The Morgan fingerprint density at radius 2 is 2.15 bits per heavy atom. The van der Waals surface area contributed by atoms with E-state index in [9.17, 15) is 0 Å². The number of nitrogens with zero attached hydrogens (tertiary/aromatic N) is 4. The van der Waals surface area contributed by atoms with Crippen molar-refractivity contribution in [2.45, 2.75) is 25.7 Å². The first-order chi connectivity index (χ1) is 12.7. The summed E-state index contributed by atoms with van der Waals surface area (Å²) in [6.07, 6.45) is 3.96. The van der Waals surface area contributed by atoms with Gasteiger partial charge >= 0.3 is 0 Å². The maximum absolute atomic E-state index is 9.14. The van der Waals surface area contributed by atoms with Gasteiger partial charge in [-0.05, 0) is 38.4 Å². The van der Waals surface area contributed by atoms with Gasteiger partial charge in [0.25, 0.3) is 6.47 Å². The Kier molecular flexibility index (Phi) is 7.91. The number of carbonyl (C=O) groups is 1.